The third-order valence-electron chi connectivity index (χ3n) is 2.08. The molecule has 0 spiro atoms. The zero-order chi connectivity index (χ0) is 9.47. The van der Waals surface area contributed by atoms with Crippen LogP contribution in [-0.2, 0) is 10.3 Å². The maximum absolute atomic E-state index is 13.2. The van der Waals surface area contributed by atoms with Crippen LogP contribution in [0.25, 0.3) is 0 Å². The van der Waals surface area contributed by atoms with E-state index in [9.17, 15) is 9.50 Å². The summed E-state index contributed by atoms with van der Waals surface area (Å²) in [6.07, 6.45) is 2.34. The summed E-state index contributed by atoms with van der Waals surface area (Å²) in [6.45, 7) is 0.163. The largest absolute Gasteiger partial charge is 0.380 e. The van der Waals surface area contributed by atoms with Gasteiger partial charge >= 0.3 is 0 Å². The van der Waals surface area contributed by atoms with Crippen LogP contribution in [0, 0.1) is 5.82 Å². The number of nitrogens with zero attached hydrogens (tertiary/aromatic N) is 1. The lowest BCUT2D eigenvalue weighted by atomic mass is 9.81. The Morgan fingerprint density at radius 3 is 2.69 bits per heavy atom. The number of hydrogen-bond donors (Lipinski definition) is 1. The Hall–Kier alpha value is -0.935. The Kier molecular flexibility index (Phi) is 1.85. The molecule has 66 valence electrons. The molecule has 1 aromatic rings. The number of ether oxygens (including phenoxy) is 1. The van der Waals surface area contributed by atoms with Crippen molar-refractivity contribution in [3.8, 4) is 0 Å². The topological polar surface area (TPSA) is 42.4 Å². The van der Waals surface area contributed by atoms with Crippen LogP contribution in [-0.4, -0.2) is 31.2 Å². The quantitative estimate of drug-likeness (QED) is 0.575. The van der Waals surface area contributed by atoms with Gasteiger partial charge in [0.05, 0.1) is 19.4 Å². The van der Waals surface area contributed by atoms with E-state index in [4.69, 9.17) is 12.6 Å². The molecule has 0 aromatic carbocycles. The second-order valence-electron chi connectivity index (χ2n) is 3.11. The van der Waals surface area contributed by atoms with Crippen LogP contribution in [0.3, 0.4) is 0 Å². The van der Waals surface area contributed by atoms with E-state index in [2.05, 4.69) is 4.98 Å². The lowest BCUT2D eigenvalue weighted by molar-refractivity contribution is -0.185. The van der Waals surface area contributed by atoms with E-state index in [0.717, 1.165) is 6.20 Å². The molecule has 1 fully saturated rings. The Balaban J connectivity index is 2.49. The molecule has 0 amide bonds. The fourth-order valence-electron chi connectivity index (χ4n) is 1.38. The first-order chi connectivity index (χ1) is 6.13. The average Bonchev–Trinajstić information content (AvgIpc) is 2.01. The van der Waals surface area contributed by atoms with Crippen molar-refractivity contribution in [3.05, 3.63) is 23.8 Å². The van der Waals surface area contributed by atoms with Crippen molar-refractivity contribution >= 4 is 13.3 Å². The minimum absolute atomic E-state index is 0.0815. The van der Waals surface area contributed by atoms with E-state index >= 15 is 0 Å². The normalized spacial score (nSPS) is 19.5. The third-order valence-corrected chi connectivity index (χ3v) is 2.08. The number of hydrogen-bond acceptors (Lipinski definition) is 3. The van der Waals surface area contributed by atoms with Crippen LogP contribution in [0.2, 0.25) is 0 Å². The average molecular weight is 179 g/mol. The van der Waals surface area contributed by atoms with Gasteiger partial charge in [-0.25, -0.2) is 4.39 Å². The molecule has 1 aliphatic heterocycles. The van der Waals surface area contributed by atoms with Crippen molar-refractivity contribution in [1.29, 1.82) is 0 Å². The lowest BCUT2D eigenvalue weighted by Crippen LogP contribution is -2.50. The Morgan fingerprint density at radius 1 is 1.54 bits per heavy atom. The summed E-state index contributed by atoms with van der Waals surface area (Å²) in [4.78, 5) is 3.56. The van der Waals surface area contributed by atoms with Gasteiger partial charge < -0.3 is 9.84 Å². The van der Waals surface area contributed by atoms with Crippen molar-refractivity contribution in [3.63, 3.8) is 0 Å². The summed E-state index contributed by atoms with van der Waals surface area (Å²) in [5, 5.41) is 9.77. The van der Waals surface area contributed by atoms with Gasteiger partial charge in [-0.3, -0.25) is 4.98 Å². The molecule has 1 aromatic heterocycles. The first-order valence-corrected chi connectivity index (χ1v) is 3.83. The highest BCUT2D eigenvalue weighted by Gasteiger charge is 2.41. The minimum atomic E-state index is -1.27. The molecule has 0 unspecified atom stereocenters. The number of aliphatic hydroxyl groups is 1. The van der Waals surface area contributed by atoms with Gasteiger partial charge in [0.25, 0.3) is 0 Å². The standard InChI is InChI=1S/C8H7BFNO2/c9-5-1-11-2-6(10)7(5)8(12)3-13-4-8/h1-2,12H,3-4H2. The molecule has 13 heavy (non-hydrogen) atoms. The highest BCUT2D eigenvalue weighted by atomic mass is 19.1. The summed E-state index contributed by atoms with van der Waals surface area (Å²) < 4.78 is 18.0. The van der Waals surface area contributed by atoms with Crippen molar-refractivity contribution in [2.45, 2.75) is 5.60 Å². The van der Waals surface area contributed by atoms with Gasteiger partial charge in [-0.2, -0.15) is 0 Å². The van der Waals surface area contributed by atoms with Crippen molar-refractivity contribution < 1.29 is 14.2 Å². The second-order valence-corrected chi connectivity index (χ2v) is 3.11. The first-order valence-electron chi connectivity index (χ1n) is 3.83. The van der Waals surface area contributed by atoms with Crippen LogP contribution in [0.4, 0.5) is 4.39 Å². The van der Waals surface area contributed by atoms with Crippen molar-refractivity contribution in [2.75, 3.05) is 13.2 Å². The maximum atomic E-state index is 13.2. The fourth-order valence-corrected chi connectivity index (χ4v) is 1.38. The molecule has 1 aliphatic rings. The summed E-state index contributed by atoms with van der Waals surface area (Å²) in [6, 6.07) is 0. The summed E-state index contributed by atoms with van der Waals surface area (Å²) in [5.74, 6) is -0.592. The second kappa shape index (κ2) is 2.78. The van der Waals surface area contributed by atoms with Crippen molar-refractivity contribution in [1.82, 2.24) is 4.98 Å². The number of pyridine rings is 1. The predicted molar refractivity (Wildman–Crippen MR) is 44.3 cm³/mol. The number of aromatic nitrogens is 1. The molecule has 0 saturated carbocycles. The van der Waals surface area contributed by atoms with Crippen LogP contribution < -0.4 is 5.46 Å². The van der Waals surface area contributed by atoms with Gasteiger partial charge in [-0.1, -0.05) is 5.46 Å². The smallest absolute Gasteiger partial charge is 0.147 e. The van der Waals surface area contributed by atoms with Crippen molar-refractivity contribution in [2.24, 2.45) is 0 Å². The van der Waals surface area contributed by atoms with Gasteiger partial charge in [0.2, 0.25) is 0 Å². The third kappa shape index (κ3) is 1.24. The number of rotatable bonds is 1. The molecule has 3 nitrogen and oxygen atoms in total. The SMILES string of the molecule is [B]c1cncc(F)c1C1(O)COC1. The molecule has 2 radical (unpaired) electrons. The fraction of sp³-hybridized carbons (Fsp3) is 0.375. The summed E-state index contributed by atoms with van der Waals surface area (Å²) in [5.41, 5.74) is -1.02. The summed E-state index contributed by atoms with van der Waals surface area (Å²) >= 11 is 0. The van der Waals surface area contributed by atoms with Gasteiger partial charge in [-0.05, 0) is 0 Å². The van der Waals surface area contributed by atoms with E-state index < -0.39 is 11.4 Å². The lowest BCUT2D eigenvalue weighted by Gasteiger charge is -2.37. The molecule has 0 atom stereocenters. The van der Waals surface area contributed by atoms with E-state index in [1.54, 1.807) is 0 Å². The molecule has 5 heteroatoms. The predicted octanol–water partition coefficient (Wildman–Crippen LogP) is -0.768. The molecule has 1 saturated heterocycles. The highest BCUT2D eigenvalue weighted by Crippen LogP contribution is 2.29. The van der Waals surface area contributed by atoms with Crippen LogP contribution in [0.15, 0.2) is 12.4 Å². The van der Waals surface area contributed by atoms with Gasteiger partial charge in [-0.15, -0.1) is 0 Å². The molecule has 2 rings (SSSR count). The van der Waals surface area contributed by atoms with Crippen LogP contribution >= 0.6 is 0 Å². The first kappa shape index (κ1) is 8.65. The zero-order valence-electron chi connectivity index (χ0n) is 6.83. The van der Waals surface area contributed by atoms with Gasteiger partial charge in [0.1, 0.15) is 19.3 Å². The van der Waals surface area contributed by atoms with E-state index in [1.165, 1.54) is 6.20 Å². The van der Waals surface area contributed by atoms with E-state index in [0.29, 0.717) is 0 Å². The summed E-state index contributed by atoms with van der Waals surface area (Å²) in [7, 11) is 5.50. The maximum Gasteiger partial charge on any atom is 0.147 e. The Bertz CT molecular complexity index is 321. The molecule has 2 heterocycles. The van der Waals surface area contributed by atoms with Gasteiger partial charge in [0, 0.05) is 11.8 Å². The zero-order valence-corrected chi connectivity index (χ0v) is 6.83. The van der Waals surface area contributed by atoms with E-state index in [-0.39, 0.29) is 24.2 Å². The highest BCUT2D eigenvalue weighted by molar-refractivity contribution is 6.33. The van der Waals surface area contributed by atoms with E-state index in [1.807, 2.05) is 0 Å². The molecule has 0 aliphatic carbocycles. The van der Waals surface area contributed by atoms with Crippen LogP contribution in [0.5, 0.6) is 0 Å². The molecule has 0 bridgehead atoms. The number of halogens is 1. The Labute approximate surface area is 76.0 Å². The Morgan fingerprint density at radius 2 is 2.23 bits per heavy atom. The monoisotopic (exact) mass is 179 g/mol. The van der Waals surface area contributed by atoms with Gasteiger partial charge in [0.15, 0.2) is 0 Å². The molecular weight excluding hydrogens is 172 g/mol. The minimum Gasteiger partial charge on any atom is -0.380 e. The van der Waals surface area contributed by atoms with Crippen LogP contribution in [0.1, 0.15) is 5.56 Å². The molecule has 1 N–H and O–H groups in total. The molecular formula is C8H7BFNO2.